The number of hydrogen-bond acceptors (Lipinski definition) is 3. The van der Waals surface area contributed by atoms with Gasteiger partial charge in [0.1, 0.15) is 5.82 Å². The summed E-state index contributed by atoms with van der Waals surface area (Å²) < 4.78 is 2.21. The normalized spacial score (nSPS) is 15.9. The number of nitrogens with one attached hydrogen (secondary N) is 3. The minimum atomic E-state index is 0. The maximum Gasteiger partial charge on any atom is 0.225 e. The Morgan fingerprint density at radius 2 is 1.97 bits per heavy atom. The van der Waals surface area contributed by atoms with E-state index in [1.807, 2.05) is 43.3 Å². The van der Waals surface area contributed by atoms with E-state index in [0.717, 1.165) is 47.2 Å². The van der Waals surface area contributed by atoms with Crippen LogP contribution >= 0.6 is 24.0 Å². The summed E-state index contributed by atoms with van der Waals surface area (Å²) in [5.41, 5.74) is 4.22. The fourth-order valence-corrected chi connectivity index (χ4v) is 3.89. The minimum absolute atomic E-state index is 0. The third-order valence-corrected chi connectivity index (χ3v) is 5.32. The van der Waals surface area contributed by atoms with Gasteiger partial charge in [0, 0.05) is 44.7 Å². The lowest BCUT2D eigenvalue weighted by Gasteiger charge is -2.26. The summed E-state index contributed by atoms with van der Waals surface area (Å²) in [6, 6.07) is 16.1. The van der Waals surface area contributed by atoms with Crippen LogP contribution in [0, 0.1) is 6.92 Å². The molecule has 1 amide bonds. The zero-order valence-corrected chi connectivity index (χ0v) is 19.5. The highest BCUT2D eigenvalue weighted by atomic mass is 127. The Morgan fingerprint density at radius 3 is 2.80 bits per heavy atom. The zero-order chi connectivity index (χ0) is 20.2. The number of aliphatic imine (C=N–C) groups is 1. The van der Waals surface area contributed by atoms with Crippen LogP contribution in [0.4, 0.5) is 5.69 Å². The molecule has 2 aromatic carbocycles. The number of anilines is 1. The lowest BCUT2D eigenvalue weighted by molar-refractivity contribution is -0.116. The number of imidazole rings is 1. The van der Waals surface area contributed by atoms with Gasteiger partial charge >= 0.3 is 0 Å². The molecule has 1 aliphatic rings. The van der Waals surface area contributed by atoms with Crippen molar-refractivity contribution in [2.24, 2.45) is 4.99 Å². The van der Waals surface area contributed by atoms with E-state index in [1.54, 1.807) is 7.05 Å². The van der Waals surface area contributed by atoms with Gasteiger partial charge in [-0.15, -0.1) is 24.0 Å². The van der Waals surface area contributed by atoms with Gasteiger partial charge in [0.15, 0.2) is 5.96 Å². The van der Waals surface area contributed by atoms with E-state index in [9.17, 15) is 4.79 Å². The molecule has 1 atom stereocenters. The van der Waals surface area contributed by atoms with Crippen molar-refractivity contribution >= 4 is 52.6 Å². The highest BCUT2D eigenvalue weighted by molar-refractivity contribution is 14.0. The molecule has 4 rings (SSSR count). The van der Waals surface area contributed by atoms with Gasteiger partial charge in [0.25, 0.3) is 0 Å². The summed E-state index contributed by atoms with van der Waals surface area (Å²) >= 11 is 0. The topological polar surface area (TPSA) is 83.3 Å². The zero-order valence-electron chi connectivity index (χ0n) is 17.2. The Kier molecular flexibility index (Phi) is 7.30. The number of aryl methyl sites for hydroxylation is 1. The molecule has 158 valence electrons. The summed E-state index contributed by atoms with van der Waals surface area (Å²) in [7, 11) is 1.76. The van der Waals surface area contributed by atoms with Crippen molar-refractivity contribution in [2.75, 3.05) is 25.5 Å². The monoisotopic (exact) mass is 518 g/mol. The Labute approximate surface area is 193 Å². The number of benzene rings is 2. The average molecular weight is 518 g/mol. The van der Waals surface area contributed by atoms with Gasteiger partial charge < -0.3 is 20.5 Å². The van der Waals surface area contributed by atoms with Crippen molar-refractivity contribution in [2.45, 2.75) is 25.8 Å². The Hall–Kier alpha value is -2.62. The average Bonchev–Trinajstić information content (AvgIpc) is 3.05. The van der Waals surface area contributed by atoms with Crippen molar-refractivity contribution in [3.05, 3.63) is 59.9 Å². The number of guanidine groups is 1. The standard InChI is InChI=1S/C22H26N6O.HI/c1-15-26-19-9-5-6-10-20(19)28(15)12-11-24-22(23-2)25-14-16-13-21(29)27-18-8-4-3-7-17(16)18;/h3-10,16H,11-14H2,1-2H3,(H,27,29)(H2,23,24,25);1H. The van der Waals surface area contributed by atoms with Gasteiger partial charge in [-0.25, -0.2) is 4.98 Å². The Morgan fingerprint density at radius 1 is 1.20 bits per heavy atom. The first-order chi connectivity index (χ1) is 14.2. The van der Waals surface area contributed by atoms with Crippen LogP contribution in [0.2, 0.25) is 0 Å². The van der Waals surface area contributed by atoms with Crippen LogP contribution in [0.1, 0.15) is 23.7 Å². The van der Waals surface area contributed by atoms with Crippen molar-refractivity contribution in [1.29, 1.82) is 0 Å². The van der Waals surface area contributed by atoms with E-state index in [-0.39, 0.29) is 35.8 Å². The second-order valence-corrected chi connectivity index (χ2v) is 7.22. The molecule has 0 fully saturated rings. The van der Waals surface area contributed by atoms with Crippen LogP contribution in [0.3, 0.4) is 0 Å². The smallest absolute Gasteiger partial charge is 0.225 e. The number of amides is 1. The molecule has 30 heavy (non-hydrogen) atoms. The molecular weight excluding hydrogens is 491 g/mol. The summed E-state index contributed by atoms with van der Waals surface area (Å²) in [5, 5.41) is 9.67. The number of fused-ring (bicyclic) bond motifs is 2. The number of hydrogen-bond donors (Lipinski definition) is 3. The van der Waals surface area contributed by atoms with E-state index in [1.165, 1.54) is 0 Å². The molecule has 7 nitrogen and oxygen atoms in total. The van der Waals surface area contributed by atoms with Gasteiger partial charge in [-0.05, 0) is 30.7 Å². The molecule has 0 radical (unpaired) electrons. The minimum Gasteiger partial charge on any atom is -0.356 e. The van der Waals surface area contributed by atoms with Crippen LogP contribution in [0.25, 0.3) is 11.0 Å². The summed E-state index contributed by atoms with van der Waals surface area (Å²) in [5.74, 6) is 1.91. The quantitative estimate of drug-likeness (QED) is 0.275. The van der Waals surface area contributed by atoms with Crippen LogP contribution in [-0.2, 0) is 11.3 Å². The first-order valence-corrected chi connectivity index (χ1v) is 9.91. The number of carbonyl (C=O) groups is 1. The Balaban J connectivity index is 0.00000256. The second kappa shape index (κ2) is 9.92. The van der Waals surface area contributed by atoms with Gasteiger partial charge in [-0.3, -0.25) is 9.79 Å². The molecule has 0 aliphatic carbocycles. The molecule has 0 bridgehead atoms. The molecule has 1 aromatic heterocycles. The van der Waals surface area contributed by atoms with Crippen molar-refractivity contribution in [1.82, 2.24) is 20.2 Å². The third-order valence-electron chi connectivity index (χ3n) is 5.32. The summed E-state index contributed by atoms with van der Waals surface area (Å²) in [6.45, 7) is 4.19. The number of carbonyl (C=O) groups excluding carboxylic acids is 1. The lowest BCUT2D eigenvalue weighted by Crippen LogP contribution is -2.41. The Bertz CT molecular complexity index is 1060. The van der Waals surface area contributed by atoms with Crippen LogP contribution in [-0.4, -0.2) is 41.6 Å². The van der Waals surface area contributed by atoms with E-state index in [0.29, 0.717) is 13.0 Å². The molecule has 1 aliphatic heterocycles. The molecule has 0 saturated carbocycles. The largest absolute Gasteiger partial charge is 0.356 e. The third kappa shape index (κ3) is 4.75. The molecule has 3 aromatic rings. The van der Waals surface area contributed by atoms with Crippen molar-refractivity contribution in [3.63, 3.8) is 0 Å². The summed E-state index contributed by atoms with van der Waals surface area (Å²) in [6.07, 6.45) is 0.473. The number of aromatic nitrogens is 2. The molecule has 1 unspecified atom stereocenters. The summed E-state index contributed by atoms with van der Waals surface area (Å²) in [4.78, 5) is 20.9. The number of para-hydroxylation sites is 3. The van der Waals surface area contributed by atoms with Crippen LogP contribution in [0.5, 0.6) is 0 Å². The molecule has 0 spiro atoms. The number of halogens is 1. The van der Waals surface area contributed by atoms with Crippen LogP contribution < -0.4 is 16.0 Å². The predicted molar refractivity (Wildman–Crippen MR) is 132 cm³/mol. The van der Waals surface area contributed by atoms with Crippen molar-refractivity contribution < 1.29 is 4.79 Å². The highest BCUT2D eigenvalue weighted by Gasteiger charge is 2.24. The van der Waals surface area contributed by atoms with E-state index >= 15 is 0 Å². The molecular formula is C22H27IN6O. The maximum absolute atomic E-state index is 12.0. The highest BCUT2D eigenvalue weighted by Crippen LogP contribution is 2.31. The fraction of sp³-hybridized carbons (Fsp3) is 0.318. The second-order valence-electron chi connectivity index (χ2n) is 7.22. The first-order valence-electron chi connectivity index (χ1n) is 9.91. The van der Waals surface area contributed by atoms with E-state index in [2.05, 4.69) is 42.6 Å². The molecule has 0 saturated heterocycles. The lowest BCUT2D eigenvalue weighted by atomic mass is 9.90. The number of rotatable bonds is 5. The first kappa shape index (κ1) is 22.1. The number of nitrogens with zero attached hydrogens (tertiary/aromatic N) is 3. The van der Waals surface area contributed by atoms with Crippen molar-refractivity contribution in [3.8, 4) is 0 Å². The van der Waals surface area contributed by atoms with Gasteiger partial charge in [0.2, 0.25) is 5.91 Å². The molecule has 8 heteroatoms. The van der Waals surface area contributed by atoms with E-state index in [4.69, 9.17) is 0 Å². The van der Waals surface area contributed by atoms with Gasteiger partial charge in [-0.2, -0.15) is 0 Å². The van der Waals surface area contributed by atoms with Gasteiger partial charge in [-0.1, -0.05) is 30.3 Å². The maximum atomic E-state index is 12.0. The van der Waals surface area contributed by atoms with Crippen LogP contribution in [0.15, 0.2) is 53.5 Å². The fourth-order valence-electron chi connectivity index (χ4n) is 3.89. The predicted octanol–water partition coefficient (Wildman–Crippen LogP) is 3.25. The molecule has 2 heterocycles. The van der Waals surface area contributed by atoms with E-state index < -0.39 is 0 Å². The molecule has 3 N–H and O–H groups in total. The van der Waals surface area contributed by atoms with Gasteiger partial charge in [0.05, 0.1) is 11.0 Å². The SMILES string of the molecule is CN=C(NCCn1c(C)nc2ccccc21)NCC1CC(=O)Nc2ccccc21.I.